The van der Waals surface area contributed by atoms with E-state index in [2.05, 4.69) is 9.97 Å². The lowest BCUT2D eigenvalue weighted by Gasteiger charge is -2.11. The molecule has 0 aliphatic carbocycles. The number of hydrogen-bond acceptors (Lipinski definition) is 3. The van der Waals surface area contributed by atoms with E-state index in [1.54, 1.807) is 6.92 Å². The van der Waals surface area contributed by atoms with Gasteiger partial charge in [0.1, 0.15) is 5.82 Å². The fourth-order valence-electron chi connectivity index (χ4n) is 1.77. The third-order valence-electron chi connectivity index (χ3n) is 3.04. The van der Waals surface area contributed by atoms with Crippen LogP contribution in [0.4, 0.5) is 0 Å². The number of aromatic nitrogens is 2. The number of rotatable bonds is 3. The van der Waals surface area contributed by atoms with Crippen LogP contribution in [-0.2, 0) is 0 Å². The van der Waals surface area contributed by atoms with Crippen molar-refractivity contribution in [1.82, 2.24) is 9.97 Å². The summed E-state index contributed by atoms with van der Waals surface area (Å²) >= 11 is 0. The predicted molar refractivity (Wildman–Crippen MR) is 72.5 cm³/mol. The van der Waals surface area contributed by atoms with Gasteiger partial charge in [0.2, 0.25) is 0 Å². The summed E-state index contributed by atoms with van der Waals surface area (Å²) in [5.74, 6) is 0.688. The Morgan fingerprint density at radius 2 is 2.00 bits per heavy atom. The molecule has 0 aliphatic rings. The number of benzene rings is 1. The normalized spacial score (nSPS) is 12.4. The molecule has 2 rings (SSSR count). The molecule has 1 heterocycles. The standard InChI is InChI=1S/C14H17N3O/c1-9(8-15)13-16-12(10(2)14(18)17-13)11-6-4-3-5-7-11/h3-7,9H,8,15H2,1-2H3,(H,16,17,18). The molecule has 1 atom stereocenters. The van der Waals surface area contributed by atoms with Gasteiger partial charge in [-0.1, -0.05) is 37.3 Å². The van der Waals surface area contributed by atoms with Crippen molar-refractivity contribution in [3.8, 4) is 11.3 Å². The first-order valence-corrected chi connectivity index (χ1v) is 5.99. The van der Waals surface area contributed by atoms with Gasteiger partial charge in [-0.15, -0.1) is 0 Å². The van der Waals surface area contributed by atoms with Crippen LogP contribution in [0, 0.1) is 6.92 Å². The lowest BCUT2D eigenvalue weighted by Crippen LogP contribution is -2.20. The summed E-state index contributed by atoms with van der Waals surface area (Å²) in [7, 11) is 0. The molecule has 0 spiro atoms. The zero-order valence-electron chi connectivity index (χ0n) is 10.6. The molecule has 4 heteroatoms. The minimum atomic E-state index is -0.0980. The predicted octanol–water partition coefficient (Wildman–Crippen LogP) is 1.81. The van der Waals surface area contributed by atoms with Crippen molar-refractivity contribution in [3.05, 3.63) is 52.1 Å². The van der Waals surface area contributed by atoms with Crippen LogP contribution in [0.1, 0.15) is 24.2 Å². The second-order valence-corrected chi connectivity index (χ2v) is 4.43. The van der Waals surface area contributed by atoms with E-state index in [-0.39, 0.29) is 11.5 Å². The molecule has 0 bridgehead atoms. The average Bonchev–Trinajstić information content (AvgIpc) is 2.41. The molecule has 0 saturated carbocycles. The molecule has 3 N–H and O–H groups in total. The first kappa shape index (κ1) is 12.5. The number of hydrogen-bond donors (Lipinski definition) is 2. The Morgan fingerprint density at radius 3 is 2.61 bits per heavy atom. The summed E-state index contributed by atoms with van der Waals surface area (Å²) in [6, 6.07) is 9.71. The van der Waals surface area contributed by atoms with E-state index in [0.29, 0.717) is 17.9 Å². The molecule has 1 unspecified atom stereocenters. The molecule has 0 amide bonds. The van der Waals surface area contributed by atoms with Crippen LogP contribution in [0.2, 0.25) is 0 Å². The van der Waals surface area contributed by atoms with E-state index in [1.807, 2.05) is 37.3 Å². The maximum Gasteiger partial charge on any atom is 0.254 e. The first-order valence-electron chi connectivity index (χ1n) is 5.99. The number of nitrogens with one attached hydrogen (secondary N) is 1. The summed E-state index contributed by atoms with van der Waals surface area (Å²) in [6.07, 6.45) is 0. The zero-order valence-corrected chi connectivity index (χ0v) is 10.6. The second-order valence-electron chi connectivity index (χ2n) is 4.43. The highest BCUT2D eigenvalue weighted by atomic mass is 16.1. The molecule has 94 valence electrons. The van der Waals surface area contributed by atoms with Crippen molar-refractivity contribution < 1.29 is 0 Å². The van der Waals surface area contributed by atoms with Crippen LogP contribution in [0.25, 0.3) is 11.3 Å². The third-order valence-corrected chi connectivity index (χ3v) is 3.04. The van der Waals surface area contributed by atoms with E-state index in [9.17, 15) is 4.79 Å². The largest absolute Gasteiger partial charge is 0.330 e. The molecule has 1 aromatic heterocycles. The van der Waals surface area contributed by atoms with E-state index in [4.69, 9.17) is 5.73 Å². The van der Waals surface area contributed by atoms with Gasteiger partial charge in [-0.25, -0.2) is 4.98 Å². The molecule has 18 heavy (non-hydrogen) atoms. The molecule has 2 aromatic rings. The van der Waals surface area contributed by atoms with Crippen molar-refractivity contribution in [2.75, 3.05) is 6.54 Å². The zero-order chi connectivity index (χ0) is 13.1. The highest BCUT2D eigenvalue weighted by molar-refractivity contribution is 5.62. The van der Waals surface area contributed by atoms with Crippen molar-refractivity contribution in [2.24, 2.45) is 5.73 Å². The minimum Gasteiger partial charge on any atom is -0.330 e. The van der Waals surface area contributed by atoms with Crippen LogP contribution in [0.3, 0.4) is 0 Å². The van der Waals surface area contributed by atoms with Gasteiger partial charge in [-0.3, -0.25) is 4.79 Å². The first-order chi connectivity index (χ1) is 8.63. The van der Waals surface area contributed by atoms with Crippen LogP contribution in [0.5, 0.6) is 0 Å². The van der Waals surface area contributed by atoms with E-state index < -0.39 is 0 Å². The maximum atomic E-state index is 11.9. The molecular formula is C14H17N3O. The molecule has 0 aliphatic heterocycles. The Hall–Kier alpha value is -1.94. The lowest BCUT2D eigenvalue weighted by atomic mass is 10.1. The number of aromatic amines is 1. The summed E-state index contributed by atoms with van der Waals surface area (Å²) in [6.45, 7) is 4.19. The summed E-state index contributed by atoms with van der Waals surface area (Å²) in [5, 5.41) is 0. The van der Waals surface area contributed by atoms with E-state index in [1.165, 1.54) is 0 Å². The second kappa shape index (κ2) is 5.14. The molecule has 4 nitrogen and oxygen atoms in total. The van der Waals surface area contributed by atoms with Crippen molar-refractivity contribution >= 4 is 0 Å². The fourth-order valence-corrected chi connectivity index (χ4v) is 1.77. The van der Waals surface area contributed by atoms with Crippen molar-refractivity contribution in [2.45, 2.75) is 19.8 Å². The molecule has 0 saturated heterocycles. The molecule has 1 aromatic carbocycles. The van der Waals surface area contributed by atoms with Gasteiger partial charge in [-0.2, -0.15) is 0 Å². The minimum absolute atomic E-state index is 0.0424. The Morgan fingerprint density at radius 1 is 1.33 bits per heavy atom. The van der Waals surface area contributed by atoms with E-state index >= 15 is 0 Å². The van der Waals surface area contributed by atoms with Gasteiger partial charge in [0, 0.05) is 23.6 Å². The third kappa shape index (κ3) is 2.33. The molecule has 0 fully saturated rings. The SMILES string of the molecule is Cc1c(-c2ccccc2)nc(C(C)CN)[nH]c1=O. The van der Waals surface area contributed by atoms with Gasteiger partial charge in [0.15, 0.2) is 0 Å². The number of H-pyrrole nitrogens is 1. The average molecular weight is 243 g/mol. The van der Waals surface area contributed by atoms with Crippen LogP contribution < -0.4 is 11.3 Å². The highest BCUT2D eigenvalue weighted by Crippen LogP contribution is 2.19. The van der Waals surface area contributed by atoms with Crippen LogP contribution >= 0.6 is 0 Å². The smallest absolute Gasteiger partial charge is 0.254 e. The highest BCUT2D eigenvalue weighted by Gasteiger charge is 2.12. The summed E-state index contributed by atoms with van der Waals surface area (Å²) in [4.78, 5) is 19.2. The van der Waals surface area contributed by atoms with Crippen LogP contribution in [0.15, 0.2) is 35.1 Å². The topological polar surface area (TPSA) is 71.8 Å². The van der Waals surface area contributed by atoms with Gasteiger partial charge >= 0.3 is 0 Å². The van der Waals surface area contributed by atoms with Gasteiger partial charge in [0.05, 0.1) is 5.69 Å². The maximum absolute atomic E-state index is 11.9. The van der Waals surface area contributed by atoms with E-state index in [0.717, 1.165) is 11.3 Å². The fraction of sp³-hybridized carbons (Fsp3) is 0.286. The van der Waals surface area contributed by atoms with Gasteiger partial charge < -0.3 is 10.7 Å². The van der Waals surface area contributed by atoms with Crippen molar-refractivity contribution in [3.63, 3.8) is 0 Å². The Bertz CT molecular complexity index is 590. The monoisotopic (exact) mass is 243 g/mol. The summed E-state index contributed by atoms with van der Waals surface area (Å²) in [5.41, 5.74) is 7.84. The molecular weight excluding hydrogens is 226 g/mol. The van der Waals surface area contributed by atoms with Gasteiger partial charge in [-0.05, 0) is 6.92 Å². The van der Waals surface area contributed by atoms with Crippen LogP contribution in [-0.4, -0.2) is 16.5 Å². The number of nitrogens with zero attached hydrogens (tertiary/aromatic N) is 1. The Labute approximate surface area is 106 Å². The number of nitrogens with two attached hydrogens (primary N) is 1. The Balaban J connectivity index is 2.60. The summed E-state index contributed by atoms with van der Waals surface area (Å²) < 4.78 is 0. The quantitative estimate of drug-likeness (QED) is 0.863. The van der Waals surface area contributed by atoms with Gasteiger partial charge in [0.25, 0.3) is 5.56 Å². The Kier molecular flexibility index (Phi) is 3.58. The lowest BCUT2D eigenvalue weighted by molar-refractivity contribution is 0.706. The van der Waals surface area contributed by atoms with Crippen molar-refractivity contribution in [1.29, 1.82) is 0 Å². The molecule has 0 radical (unpaired) electrons.